The summed E-state index contributed by atoms with van der Waals surface area (Å²) < 4.78 is 10.5. The average molecular weight is 185 g/mol. The molecule has 4 heteroatoms. The van der Waals surface area contributed by atoms with Crippen molar-refractivity contribution in [1.29, 1.82) is 0 Å². The second kappa shape index (κ2) is 3.26. The lowest BCUT2D eigenvalue weighted by molar-refractivity contribution is -0.144. The lowest BCUT2D eigenvalue weighted by Gasteiger charge is -2.22. The minimum absolute atomic E-state index is 0.414. The lowest BCUT2D eigenvalue weighted by atomic mass is 10.2. The van der Waals surface area contributed by atoms with Crippen molar-refractivity contribution < 1.29 is 9.47 Å². The van der Waals surface area contributed by atoms with E-state index in [1.54, 1.807) is 0 Å². The van der Waals surface area contributed by atoms with Gasteiger partial charge in [0.25, 0.3) is 0 Å². The Kier molecular flexibility index (Phi) is 2.81. The largest absolute Gasteiger partial charge is 0.348 e. The van der Waals surface area contributed by atoms with Gasteiger partial charge in [-0.25, -0.2) is 0 Å². The van der Waals surface area contributed by atoms with Crippen molar-refractivity contribution in [3.63, 3.8) is 0 Å². The second-order valence-electron chi connectivity index (χ2n) is 2.43. The van der Waals surface area contributed by atoms with Gasteiger partial charge in [-0.2, -0.15) is 0 Å². The molecule has 1 rings (SSSR count). The maximum atomic E-state index is 5.55. The fourth-order valence-corrected chi connectivity index (χ4v) is 1.52. The highest BCUT2D eigenvalue weighted by Crippen LogP contribution is 2.27. The van der Waals surface area contributed by atoms with Gasteiger partial charge in [-0.3, -0.25) is 0 Å². The fraction of sp³-hybridized carbons (Fsp3) is 1.00. The van der Waals surface area contributed by atoms with E-state index in [1.807, 2.05) is 6.92 Å². The van der Waals surface area contributed by atoms with E-state index in [2.05, 4.69) is 0 Å². The van der Waals surface area contributed by atoms with Gasteiger partial charge in [-0.05, 0) is 6.92 Å². The Morgan fingerprint density at radius 1 is 1.40 bits per heavy atom. The number of halogens is 2. The van der Waals surface area contributed by atoms with Gasteiger partial charge in [0.2, 0.25) is 0 Å². The van der Waals surface area contributed by atoms with Gasteiger partial charge >= 0.3 is 0 Å². The Balaban J connectivity index is 2.36. The third kappa shape index (κ3) is 2.27. The molecule has 0 amide bonds. The van der Waals surface area contributed by atoms with E-state index >= 15 is 0 Å². The molecule has 1 aliphatic rings. The van der Waals surface area contributed by atoms with Crippen molar-refractivity contribution >= 4 is 23.2 Å². The predicted molar refractivity (Wildman–Crippen MR) is 40.4 cm³/mol. The van der Waals surface area contributed by atoms with Crippen molar-refractivity contribution in [1.82, 2.24) is 0 Å². The molecule has 0 aromatic rings. The van der Waals surface area contributed by atoms with Crippen LogP contribution in [0.3, 0.4) is 0 Å². The summed E-state index contributed by atoms with van der Waals surface area (Å²) in [6.07, 6.45) is 0.524. The van der Waals surface area contributed by atoms with Crippen LogP contribution in [-0.4, -0.2) is 23.8 Å². The third-order valence-electron chi connectivity index (χ3n) is 1.42. The molecule has 0 bridgehead atoms. The topological polar surface area (TPSA) is 18.5 Å². The summed E-state index contributed by atoms with van der Waals surface area (Å²) >= 11 is 11.1. The maximum absolute atomic E-state index is 5.55. The zero-order chi connectivity index (χ0) is 7.61. The standard InChI is InChI=1S/C6H10Cl2O2/c1-6(4-5(7)8)9-2-3-10-6/h5H,2-4H2,1H3. The highest BCUT2D eigenvalue weighted by Gasteiger charge is 2.32. The van der Waals surface area contributed by atoms with Crippen molar-refractivity contribution in [3.05, 3.63) is 0 Å². The van der Waals surface area contributed by atoms with Crippen molar-refractivity contribution in [3.8, 4) is 0 Å². The average Bonchev–Trinajstić information content (AvgIpc) is 2.12. The van der Waals surface area contributed by atoms with Gasteiger partial charge in [0, 0.05) is 6.42 Å². The first-order valence-electron chi connectivity index (χ1n) is 3.18. The molecule has 0 aromatic carbocycles. The highest BCUT2D eigenvalue weighted by molar-refractivity contribution is 6.44. The Bertz CT molecular complexity index is 110. The van der Waals surface area contributed by atoms with Crippen LogP contribution in [0.15, 0.2) is 0 Å². The van der Waals surface area contributed by atoms with E-state index in [1.165, 1.54) is 0 Å². The summed E-state index contributed by atoms with van der Waals surface area (Å²) in [6, 6.07) is 0. The van der Waals surface area contributed by atoms with E-state index in [4.69, 9.17) is 32.7 Å². The highest BCUT2D eigenvalue weighted by atomic mass is 35.5. The van der Waals surface area contributed by atoms with Crippen LogP contribution in [0.25, 0.3) is 0 Å². The first-order valence-corrected chi connectivity index (χ1v) is 4.06. The molecular formula is C6H10Cl2O2. The molecule has 0 spiro atoms. The molecule has 10 heavy (non-hydrogen) atoms. The Morgan fingerprint density at radius 2 is 1.90 bits per heavy atom. The molecule has 60 valence electrons. The van der Waals surface area contributed by atoms with Crippen LogP contribution in [-0.2, 0) is 9.47 Å². The number of ether oxygens (including phenoxy) is 2. The number of hydrogen-bond donors (Lipinski definition) is 0. The second-order valence-corrected chi connectivity index (χ2v) is 3.70. The Morgan fingerprint density at radius 3 is 2.30 bits per heavy atom. The van der Waals surface area contributed by atoms with Gasteiger partial charge in [-0.15, -0.1) is 23.2 Å². The Labute approximate surface area is 70.4 Å². The summed E-state index contributed by atoms with van der Waals surface area (Å²) in [7, 11) is 0. The van der Waals surface area contributed by atoms with Crippen LogP contribution in [0.5, 0.6) is 0 Å². The van der Waals surface area contributed by atoms with Crippen LogP contribution < -0.4 is 0 Å². The molecule has 1 heterocycles. The molecule has 0 radical (unpaired) electrons. The monoisotopic (exact) mass is 184 g/mol. The van der Waals surface area contributed by atoms with E-state index in [-0.39, 0.29) is 0 Å². The van der Waals surface area contributed by atoms with Crippen molar-refractivity contribution in [2.75, 3.05) is 13.2 Å². The SMILES string of the molecule is CC1(CC(Cl)Cl)OCCO1. The molecule has 0 unspecified atom stereocenters. The van der Waals surface area contributed by atoms with E-state index in [0.29, 0.717) is 19.6 Å². The molecule has 0 aliphatic carbocycles. The Hall–Kier alpha value is 0.500. The summed E-state index contributed by atoms with van der Waals surface area (Å²) in [5.41, 5.74) is 0. The quantitative estimate of drug-likeness (QED) is 0.612. The molecule has 2 nitrogen and oxygen atoms in total. The minimum Gasteiger partial charge on any atom is -0.348 e. The van der Waals surface area contributed by atoms with Crippen molar-refractivity contribution in [2.45, 2.75) is 24.0 Å². The normalized spacial score (nSPS) is 24.0. The van der Waals surface area contributed by atoms with Crippen LogP contribution in [0.1, 0.15) is 13.3 Å². The fourth-order valence-electron chi connectivity index (χ4n) is 0.955. The number of alkyl halides is 2. The van der Waals surface area contributed by atoms with E-state index in [0.717, 1.165) is 0 Å². The van der Waals surface area contributed by atoms with Crippen LogP contribution >= 0.6 is 23.2 Å². The molecule has 1 saturated heterocycles. The van der Waals surface area contributed by atoms with Gasteiger partial charge in [-0.1, -0.05) is 0 Å². The minimum atomic E-state index is -0.547. The van der Waals surface area contributed by atoms with Gasteiger partial charge in [0.15, 0.2) is 5.79 Å². The molecule has 1 aliphatic heterocycles. The first kappa shape index (κ1) is 8.60. The molecular weight excluding hydrogens is 175 g/mol. The number of hydrogen-bond acceptors (Lipinski definition) is 2. The summed E-state index contributed by atoms with van der Waals surface area (Å²) in [5, 5.41) is 0. The van der Waals surface area contributed by atoms with Crippen molar-refractivity contribution in [2.24, 2.45) is 0 Å². The zero-order valence-electron chi connectivity index (χ0n) is 5.77. The van der Waals surface area contributed by atoms with Gasteiger partial charge in [0.05, 0.1) is 13.2 Å². The maximum Gasteiger partial charge on any atom is 0.168 e. The van der Waals surface area contributed by atoms with Gasteiger partial charge in [0.1, 0.15) is 4.84 Å². The molecule has 0 N–H and O–H groups in total. The van der Waals surface area contributed by atoms with Crippen LogP contribution in [0, 0.1) is 0 Å². The number of rotatable bonds is 2. The molecule has 0 aromatic heterocycles. The van der Waals surface area contributed by atoms with Gasteiger partial charge < -0.3 is 9.47 Å². The summed E-state index contributed by atoms with van der Waals surface area (Å²) in [4.78, 5) is -0.414. The van der Waals surface area contributed by atoms with E-state index < -0.39 is 10.6 Å². The molecule has 1 fully saturated rings. The third-order valence-corrected chi connectivity index (χ3v) is 1.73. The van der Waals surface area contributed by atoms with Crippen LogP contribution in [0.4, 0.5) is 0 Å². The molecule has 0 atom stereocenters. The summed E-state index contributed by atoms with van der Waals surface area (Å²) in [6.45, 7) is 3.12. The smallest absolute Gasteiger partial charge is 0.168 e. The summed E-state index contributed by atoms with van der Waals surface area (Å²) in [5.74, 6) is -0.547. The lowest BCUT2D eigenvalue weighted by Crippen LogP contribution is -2.27. The van der Waals surface area contributed by atoms with Crippen LogP contribution in [0.2, 0.25) is 0 Å². The predicted octanol–water partition coefficient (Wildman–Crippen LogP) is 1.94. The van der Waals surface area contributed by atoms with E-state index in [9.17, 15) is 0 Å². The first-order chi connectivity index (χ1) is 4.62. The molecule has 0 saturated carbocycles. The zero-order valence-corrected chi connectivity index (χ0v) is 7.28.